The van der Waals surface area contributed by atoms with Crippen LogP contribution in [0.15, 0.2) is 4.52 Å². The van der Waals surface area contributed by atoms with Gasteiger partial charge in [-0.2, -0.15) is 0 Å². The molecule has 2 atom stereocenters. The van der Waals surface area contributed by atoms with Crippen LogP contribution in [0.3, 0.4) is 0 Å². The molecule has 27 heavy (non-hydrogen) atoms. The number of amides is 1. The van der Waals surface area contributed by atoms with Gasteiger partial charge in [-0.3, -0.25) is 4.79 Å². The molecule has 1 aromatic heterocycles. The molecule has 0 N–H and O–H groups in total. The Labute approximate surface area is 163 Å². The van der Waals surface area contributed by atoms with Gasteiger partial charge >= 0.3 is 0 Å². The Morgan fingerprint density at radius 1 is 1.26 bits per heavy atom. The van der Waals surface area contributed by atoms with Crippen molar-refractivity contribution in [1.29, 1.82) is 0 Å². The van der Waals surface area contributed by atoms with E-state index >= 15 is 0 Å². The van der Waals surface area contributed by atoms with Crippen molar-refractivity contribution in [3.63, 3.8) is 0 Å². The van der Waals surface area contributed by atoms with Crippen LogP contribution in [0.1, 0.15) is 55.5 Å². The summed E-state index contributed by atoms with van der Waals surface area (Å²) in [5.74, 6) is 1.65. The fourth-order valence-corrected chi connectivity index (χ4v) is 4.84. The highest BCUT2D eigenvalue weighted by atomic mass is 16.5. The normalized spacial score (nSPS) is 23.2. The minimum absolute atomic E-state index is 0.222. The first kappa shape index (κ1) is 20.3. The van der Waals surface area contributed by atoms with Crippen LogP contribution in [-0.4, -0.2) is 66.8 Å². The van der Waals surface area contributed by atoms with Gasteiger partial charge < -0.3 is 19.1 Å². The van der Waals surface area contributed by atoms with Crippen LogP contribution in [0, 0.1) is 19.8 Å². The quantitative estimate of drug-likeness (QED) is 0.697. The summed E-state index contributed by atoms with van der Waals surface area (Å²) in [6.07, 6.45) is 7.64. The number of carbonyl (C=O) groups is 1. The van der Waals surface area contributed by atoms with Crippen molar-refractivity contribution in [2.45, 2.75) is 64.8 Å². The first-order valence-corrected chi connectivity index (χ1v) is 10.5. The minimum atomic E-state index is 0.222. The topological polar surface area (TPSA) is 58.8 Å². The molecule has 1 amide bonds. The van der Waals surface area contributed by atoms with Crippen molar-refractivity contribution in [1.82, 2.24) is 15.0 Å². The number of piperidine rings is 2. The van der Waals surface area contributed by atoms with Crippen molar-refractivity contribution in [3.8, 4) is 0 Å². The molecule has 3 heterocycles. The van der Waals surface area contributed by atoms with Crippen molar-refractivity contribution in [3.05, 3.63) is 17.0 Å². The molecular formula is C21H35N3O3. The molecule has 152 valence electrons. The Morgan fingerprint density at radius 3 is 2.81 bits per heavy atom. The molecule has 2 aliphatic rings. The van der Waals surface area contributed by atoms with Crippen LogP contribution in [0.4, 0.5) is 0 Å². The number of rotatable bonds is 8. The lowest BCUT2D eigenvalue weighted by atomic mass is 9.83. The van der Waals surface area contributed by atoms with Gasteiger partial charge in [0, 0.05) is 38.2 Å². The largest absolute Gasteiger partial charge is 0.383 e. The molecule has 3 rings (SSSR count). The van der Waals surface area contributed by atoms with Crippen molar-refractivity contribution in [2.75, 3.05) is 39.9 Å². The van der Waals surface area contributed by atoms with Crippen molar-refractivity contribution in [2.24, 2.45) is 5.92 Å². The Balaban J connectivity index is 1.61. The lowest BCUT2D eigenvalue weighted by Crippen LogP contribution is -2.52. The second kappa shape index (κ2) is 9.69. The highest BCUT2D eigenvalue weighted by Crippen LogP contribution is 2.31. The molecule has 1 aromatic rings. The smallest absolute Gasteiger partial charge is 0.222 e. The summed E-state index contributed by atoms with van der Waals surface area (Å²) in [4.78, 5) is 17.7. The average Bonchev–Trinajstić information content (AvgIpc) is 3.01. The zero-order chi connectivity index (χ0) is 19.2. The van der Waals surface area contributed by atoms with E-state index in [0.717, 1.165) is 23.6 Å². The van der Waals surface area contributed by atoms with Gasteiger partial charge in [0.1, 0.15) is 5.76 Å². The zero-order valence-corrected chi connectivity index (χ0v) is 17.2. The van der Waals surface area contributed by atoms with E-state index in [1.54, 1.807) is 7.11 Å². The average molecular weight is 378 g/mol. The van der Waals surface area contributed by atoms with E-state index in [1.807, 2.05) is 18.7 Å². The number of aryl methyl sites for hydroxylation is 2. The molecule has 0 spiro atoms. The van der Waals surface area contributed by atoms with E-state index < -0.39 is 0 Å². The molecule has 0 bridgehead atoms. The summed E-state index contributed by atoms with van der Waals surface area (Å²) in [6.45, 7) is 8.47. The molecular weight excluding hydrogens is 342 g/mol. The second-order valence-electron chi connectivity index (χ2n) is 8.14. The van der Waals surface area contributed by atoms with E-state index in [2.05, 4.69) is 10.1 Å². The third-order valence-electron chi connectivity index (χ3n) is 6.37. The Bertz CT molecular complexity index is 594. The number of ether oxygens (including phenoxy) is 1. The summed E-state index contributed by atoms with van der Waals surface area (Å²) in [7, 11) is 1.70. The fraction of sp³-hybridized carbons (Fsp3) is 0.810. The van der Waals surface area contributed by atoms with Gasteiger partial charge in [-0.1, -0.05) is 11.6 Å². The Hall–Kier alpha value is -1.40. The zero-order valence-electron chi connectivity index (χ0n) is 17.2. The number of hydrogen-bond acceptors (Lipinski definition) is 5. The first-order valence-electron chi connectivity index (χ1n) is 10.5. The number of fused-ring (bicyclic) bond motifs is 1. The number of carbonyl (C=O) groups excluding carboxylic acids is 1. The molecule has 2 aliphatic heterocycles. The predicted octanol–water partition coefficient (Wildman–Crippen LogP) is 2.96. The summed E-state index contributed by atoms with van der Waals surface area (Å²) >= 11 is 0. The van der Waals surface area contributed by atoms with Crippen LogP contribution in [0.5, 0.6) is 0 Å². The number of hydrogen-bond donors (Lipinski definition) is 0. The molecule has 0 aliphatic carbocycles. The third-order valence-corrected chi connectivity index (χ3v) is 6.37. The lowest BCUT2D eigenvalue weighted by Gasteiger charge is -2.45. The van der Waals surface area contributed by atoms with Crippen LogP contribution in [0.2, 0.25) is 0 Å². The first-order chi connectivity index (χ1) is 13.1. The molecule has 2 fully saturated rings. The van der Waals surface area contributed by atoms with Crippen molar-refractivity contribution < 1.29 is 14.1 Å². The molecule has 0 radical (unpaired) electrons. The second-order valence-corrected chi connectivity index (χ2v) is 8.14. The maximum absolute atomic E-state index is 13.0. The molecule has 0 saturated carbocycles. The van der Waals surface area contributed by atoms with E-state index in [0.29, 0.717) is 38.0 Å². The molecule has 0 aromatic carbocycles. The predicted molar refractivity (Wildman–Crippen MR) is 105 cm³/mol. The standard InChI is InChI=1S/C21H35N3O3/c1-16-19(17(2)27-22-16)9-10-21(25)24(13-14-26-3)15-18-7-6-12-23-11-5-4-8-20(18)23/h18,20H,4-15H2,1-3H3. The van der Waals surface area contributed by atoms with Gasteiger partial charge in [-0.15, -0.1) is 0 Å². The Morgan fingerprint density at radius 2 is 2.07 bits per heavy atom. The highest BCUT2D eigenvalue weighted by molar-refractivity contribution is 5.76. The van der Waals surface area contributed by atoms with Crippen LogP contribution >= 0.6 is 0 Å². The van der Waals surface area contributed by atoms with E-state index in [4.69, 9.17) is 9.26 Å². The maximum atomic E-state index is 13.0. The van der Waals surface area contributed by atoms with Crippen LogP contribution in [-0.2, 0) is 16.0 Å². The minimum Gasteiger partial charge on any atom is -0.383 e. The maximum Gasteiger partial charge on any atom is 0.222 e. The highest BCUT2D eigenvalue weighted by Gasteiger charge is 2.34. The molecule has 2 saturated heterocycles. The number of methoxy groups -OCH3 is 1. The van der Waals surface area contributed by atoms with E-state index in [9.17, 15) is 4.79 Å². The van der Waals surface area contributed by atoms with Gasteiger partial charge in [0.05, 0.1) is 12.3 Å². The summed E-state index contributed by atoms with van der Waals surface area (Å²) in [5.41, 5.74) is 1.97. The number of aromatic nitrogens is 1. The lowest BCUT2D eigenvalue weighted by molar-refractivity contribution is -0.133. The van der Waals surface area contributed by atoms with Gasteiger partial charge in [0.15, 0.2) is 0 Å². The summed E-state index contributed by atoms with van der Waals surface area (Å²) < 4.78 is 10.5. The molecule has 2 unspecified atom stereocenters. The SMILES string of the molecule is COCCN(CC1CCCN2CCCCC12)C(=O)CCc1c(C)noc1C. The summed E-state index contributed by atoms with van der Waals surface area (Å²) in [6, 6.07) is 0.660. The summed E-state index contributed by atoms with van der Waals surface area (Å²) in [5, 5.41) is 4.00. The van der Waals surface area contributed by atoms with Crippen LogP contribution in [0.25, 0.3) is 0 Å². The molecule has 6 heteroatoms. The monoisotopic (exact) mass is 377 g/mol. The van der Waals surface area contributed by atoms with Crippen molar-refractivity contribution >= 4 is 5.91 Å². The van der Waals surface area contributed by atoms with E-state index in [-0.39, 0.29) is 5.91 Å². The van der Waals surface area contributed by atoms with Gasteiger partial charge in [-0.25, -0.2) is 0 Å². The molecule has 6 nitrogen and oxygen atoms in total. The number of nitrogens with zero attached hydrogens (tertiary/aromatic N) is 3. The van der Waals surface area contributed by atoms with E-state index in [1.165, 1.54) is 45.2 Å². The Kier molecular flexibility index (Phi) is 7.30. The van der Waals surface area contributed by atoms with Gasteiger partial charge in [0.25, 0.3) is 0 Å². The van der Waals surface area contributed by atoms with Crippen LogP contribution < -0.4 is 0 Å². The van der Waals surface area contributed by atoms with Gasteiger partial charge in [0.2, 0.25) is 5.91 Å². The fourth-order valence-electron chi connectivity index (χ4n) is 4.84. The van der Waals surface area contributed by atoms with Gasteiger partial charge in [-0.05, 0) is 65.0 Å². The third kappa shape index (κ3) is 5.11.